The van der Waals surface area contributed by atoms with Gasteiger partial charge in [0, 0.05) is 19.3 Å². The number of nitrogens with one attached hydrogen (secondary N) is 1. The fraction of sp³-hybridized carbons (Fsp3) is 0.636. The Kier molecular flexibility index (Phi) is 7.06. The van der Waals surface area contributed by atoms with Crippen molar-refractivity contribution >= 4 is 28.2 Å². The fourth-order valence-corrected chi connectivity index (χ4v) is 1.23. The molecule has 0 saturated heterocycles. The van der Waals surface area contributed by atoms with Crippen LogP contribution in [-0.4, -0.2) is 41.5 Å². The molecule has 5 nitrogen and oxygen atoms in total. The van der Waals surface area contributed by atoms with Crippen LogP contribution in [0.25, 0.3) is 0 Å². The van der Waals surface area contributed by atoms with E-state index in [0.29, 0.717) is 0 Å². The van der Waals surface area contributed by atoms with Crippen molar-refractivity contribution in [2.75, 3.05) is 7.05 Å². The lowest BCUT2D eigenvalue weighted by Gasteiger charge is -2.30. The molecule has 17 heavy (non-hydrogen) atoms. The summed E-state index contributed by atoms with van der Waals surface area (Å²) in [5, 5.41) is 10.6. The second-order valence-corrected chi connectivity index (χ2v) is 4.96. The van der Waals surface area contributed by atoms with Crippen LogP contribution >= 0.6 is 15.9 Å². The Labute approximate surface area is 111 Å². The van der Waals surface area contributed by atoms with Gasteiger partial charge in [0.25, 0.3) is 0 Å². The summed E-state index contributed by atoms with van der Waals surface area (Å²) in [6, 6.07) is 0.217. The van der Waals surface area contributed by atoms with Crippen molar-refractivity contribution in [1.82, 2.24) is 10.0 Å². The first-order chi connectivity index (χ1) is 7.79. The van der Waals surface area contributed by atoms with Crippen LogP contribution in [0.4, 0.5) is 0 Å². The van der Waals surface area contributed by atoms with E-state index in [1.54, 1.807) is 13.8 Å². The van der Waals surface area contributed by atoms with Gasteiger partial charge in [-0.2, -0.15) is 0 Å². The van der Waals surface area contributed by atoms with E-state index >= 15 is 0 Å². The number of hydrazine groups is 1. The van der Waals surface area contributed by atoms with E-state index in [4.69, 9.17) is 10.1 Å². The summed E-state index contributed by atoms with van der Waals surface area (Å²) in [6.07, 6.45) is 2.47. The van der Waals surface area contributed by atoms with Crippen LogP contribution in [0.5, 0.6) is 0 Å². The molecule has 0 heterocycles. The van der Waals surface area contributed by atoms with Gasteiger partial charge in [-0.1, -0.05) is 0 Å². The summed E-state index contributed by atoms with van der Waals surface area (Å²) in [4.78, 5) is 11.5. The molecule has 0 bridgehead atoms. The van der Waals surface area contributed by atoms with Gasteiger partial charge in [0.15, 0.2) is 0 Å². The zero-order chi connectivity index (χ0) is 13.6. The van der Waals surface area contributed by atoms with Gasteiger partial charge in [0.2, 0.25) is 0 Å². The van der Waals surface area contributed by atoms with Crippen LogP contribution in [0.3, 0.4) is 0 Å². The number of carbonyl (C=O) groups excluding carboxylic acids is 1. The minimum Gasteiger partial charge on any atom is -0.459 e. The highest BCUT2D eigenvalue weighted by Gasteiger charge is 2.14. The molecule has 0 amide bonds. The first kappa shape index (κ1) is 16.1. The molecule has 0 aliphatic carbocycles. The zero-order valence-electron chi connectivity index (χ0n) is 10.9. The van der Waals surface area contributed by atoms with E-state index in [2.05, 4.69) is 15.9 Å². The molecule has 0 rings (SSSR count). The normalized spacial score (nSPS) is 12.2. The number of esters is 1. The number of nitrogens with zero attached hydrogens (tertiary/aromatic N) is 2. The average Bonchev–Trinajstić information content (AvgIpc) is 2.23. The quantitative estimate of drug-likeness (QED) is 0.269. The zero-order valence-corrected chi connectivity index (χ0v) is 12.5. The maximum Gasteiger partial charge on any atom is 0.347 e. The Hall–Kier alpha value is -0.880. The monoisotopic (exact) mass is 305 g/mol. The van der Waals surface area contributed by atoms with Crippen LogP contribution in [0, 0.1) is 5.41 Å². The van der Waals surface area contributed by atoms with Crippen molar-refractivity contribution < 1.29 is 9.53 Å². The molecular weight excluding hydrogens is 286 g/mol. The number of hydrogen-bond donors (Lipinski definition) is 1. The van der Waals surface area contributed by atoms with Gasteiger partial charge in [-0.25, -0.2) is 9.80 Å². The Morgan fingerprint density at radius 3 is 2.24 bits per heavy atom. The smallest absolute Gasteiger partial charge is 0.347 e. The van der Waals surface area contributed by atoms with E-state index in [9.17, 15) is 4.79 Å². The van der Waals surface area contributed by atoms with Crippen molar-refractivity contribution in [3.8, 4) is 0 Å². The lowest BCUT2D eigenvalue weighted by atomic mass is 10.4. The molecule has 0 aromatic heterocycles. The number of ether oxygens (including phenoxy) is 1. The van der Waals surface area contributed by atoms with Crippen molar-refractivity contribution in [3.05, 3.63) is 10.7 Å². The molecular formula is C11H20BrN3O2. The second kappa shape index (κ2) is 7.45. The predicted molar refractivity (Wildman–Crippen MR) is 71.8 cm³/mol. The topological polar surface area (TPSA) is 56.6 Å². The molecule has 0 aliphatic rings. The van der Waals surface area contributed by atoms with Crippen molar-refractivity contribution in [2.24, 2.45) is 0 Å². The molecule has 0 aliphatic heterocycles. The first-order valence-corrected chi connectivity index (χ1v) is 6.18. The van der Waals surface area contributed by atoms with Gasteiger partial charge in [-0.15, -0.1) is 0 Å². The van der Waals surface area contributed by atoms with Crippen LogP contribution in [0.15, 0.2) is 10.7 Å². The first-order valence-electron chi connectivity index (χ1n) is 5.39. The van der Waals surface area contributed by atoms with E-state index in [-0.39, 0.29) is 16.6 Å². The summed E-state index contributed by atoms with van der Waals surface area (Å²) in [6.45, 7) is 7.55. The highest BCUT2D eigenvalue weighted by atomic mass is 79.9. The maximum absolute atomic E-state index is 11.5. The minimum absolute atomic E-state index is 0.167. The second-order valence-electron chi connectivity index (χ2n) is 4.11. The van der Waals surface area contributed by atoms with Crippen LogP contribution in [0.1, 0.15) is 27.7 Å². The van der Waals surface area contributed by atoms with Crippen molar-refractivity contribution in [3.63, 3.8) is 0 Å². The van der Waals surface area contributed by atoms with E-state index in [1.165, 1.54) is 11.2 Å². The fourth-order valence-electron chi connectivity index (χ4n) is 0.925. The third-order valence-corrected chi connectivity index (χ3v) is 2.56. The van der Waals surface area contributed by atoms with Gasteiger partial charge >= 0.3 is 5.97 Å². The van der Waals surface area contributed by atoms with E-state index in [1.807, 2.05) is 25.9 Å². The summed E-state index contributed by atoms with van der Waals surface area (Å²) >= 11 is 3.15. The van der Waals surface area contributed by atoms with Gasteiger partial charge in [-0.3, -0.25) is 10.4 Å². The summed E-state index contributed by atoms with van der Waals surface area (Å²) in [5.74, 6) is -0.441. The molecule has 1 N–H and O–H groups in total. The van der Waals surface area contributed by atoms with E-state index < -0.39 is 5.97 Å². The Balaban J connectivity index is 4.72. The molecule has 0 spiro atoms. The molecule has 0 saturated carbocycles. The summed E-state index contributed by atoms with van der Waals surface area (Å²) < 4.78 is 5.30. The third kappa shape index (κ3) is 5.83. The van der Waals surface area contributed by atoms with Crippen LogP contribution in [0.2, 0.25) is 0 Å². The Morgan fingerprint density at radius 1 is 1.35 bits per heavy atom. The van der Waals surface area contributed by atoms with Crippen molar-refractivity contribution in [1.29, 1.82) is 5.41 Å². The lowest BCUT2D eigenvalue weighted by Crippen LogP contribution is -2.39. The Bertz CT molecular complexity index is 303. The number of rotatable bonds is 6. The minimum atomic E-state index is -0.441. The highest BCUT2D eigenvalue weighted by Crippen LogP contribution is 2.12. The lowest BCUT2D eigenvalue weighted by molar-refractivity contribution is -0.141. The van der Waals surface area contributed by atoms with Crippen LogP contribution in [-0.2, 0) is 9.53 Å². The third-order valence-electron chi connectivity index (χ3n) is 2.03. The molecule has 6 heteroatoms. The molecule has 0 aromatic carbocycles. The van der Waals surface area contributed by atoms with Gasteiger partial charge in [0.1, 0.15) is 10.8 Å². The SMILES string of the molecule is CC(C)OC(=O)/C(Br)=C/N(C=N)N(C)C(C)C. The molecule has 0 aromatic rings. The largest absolute Gasteiger partial charge is 0.459 e. The van der Waals surface area contributed by atoms with Crippen LogP contribution < -0.4 is 0 Å². The van der Waals surface area contributed by atoms with Crippen molar-refractivity contribution in [2.45, 2.75) is 39.8 Å². The number of halogens is 1. The summed E-state index contributed by atoms with van der Waals surface area (Å²) in [5.41, 5.74) is 0. The molecule has 0 fully saturated rings. The molecule has 0 radical (unpaired) electrons. The molecule has 98 valence electrons. The van der Waals surface area contributed by atoms with Gasteiger partial charge < -0.3 is 4.74 Å². The van der Waals surface area contributed by atoms with Gasteiger partial charge in [-0.05, 0) is 43.6 Å². The Morgan fingerprint density at radius 2 is 1.88 bits per heavy atom. The predicted octanol–water partition coefficient (Wildman–Crippen LogP) is 2.34. The summed E-state index contributed by atoms with van der Waals surface area (Å²) in [7, 11) is 1.83. The highest BCUT2D eigenvalue weighted by molar-refractivity contribution is 9.12. The number of carbonyl (C=O) groups is 1. The number of hydrogen-bond acceptors (Lipinski definition) is 4. The standard InChI is InChI=1S/C11H20BrN3O2/c1-8(2)14(5)15(7-13)6-10(12)11(16)17-9(3)4/h6-9,13H,1-5H3/b10-6-,13-7?. The maximum atomic E-state index is 11.5. The van der Waals surface area contributed by atoms with E-state index in [0.717, 1.165) is 6.34 Å². The molecule has 0 unspecified atom stereocenters. The average molecular weight is 306 g/mol. The van der Waals surface area contributed by atoms with Gasteiger partial charge in [0.05, 0.1) is 6.10 Å². The molecule has 0 atom stereocenters.